The SMILES string of the molecule is CC1CN(C(N)=NC2C3CCOC3C23CCC3)CCO1. The van der Waals surface area contributed by atoms with Gasteiger partial charge in [-0.2, -0.15) is 0 Å². The van der Waals surface area contributed by atoms with E-state index in [1.807, 2.05) is 0 Å². The van der Waals surface area contributed by atoms with E-state index in [1.165, 1.54) is 19.3 Å². The van der Waals surface area contributed by atoms with Crippen LogP contribution >= 0.6 is 0 Å². The van der Waals surface area contributed by atoms with Crippen LogP contribution in [0.1, 0.15) is 32.6 Å². The molecule has 2 heterocycles. The number of ether oxygens (including phenoxy) is 2. The lowest BCUT2D eigenvalue weighted by Crippen LogP contribution is -2.66. The third-order valence-corrected chi connectivity index (χ3v) is 5.82. The van der Waals surface area contributed by atoms with Gasteiger partial charge in [-0.05, 0) is 26.2 Å². The van der Waals surface area contributed by atoms with E-state index in [9.17, 15) is 0 Å². The first-order chi connectivity index (χ1) is 9.71. The van der Waals surface area contributed by atoms with Crippen LogP contribution in [-0.4, -0.2) is 55.4 Å². The van der Waals surface area contributed by atoms with Gasteiger partial charge in [0, 0.05) is 31.0 Å². The van der Waals surface area contributed by atoms with Crippen molar-refractivity contribution >= 4 is 5.96 Å². The second kappa shape index (κ2) is 4.60. The van der Waals surface area contributed by atoms with E-state index in [0.29, 0.717) is 23.5 Å². The fourth-order valence-electron chi connectivity index (χ4n) is 4.64. The number of guanidine groups is 1. The molecule has 4 atom stereocenters. The van der Waals surface area contributed by atoms with E-state index in [0.717, 1.165) is 38.7 Å². The molecule has 2 aliphatic carbocycles. The summed E-state index contributed by atoms with van der Waals surface area (Å²) >= 11 is 0. The van der Waals surface area contributed by atoms with Crippen molar-refractivity contribution in [2.24, 2.45) is 22.1 Å². The van der Waals surface area contributed by atoms with Gasteiger partial charge in [-0.15, -0.1) is 0 Å². The number of fused-ring (bicyclic) bond motifs is 2. The van der Waals surface area contributed by atoms with Crippen LogP contribution < -0.4 is 5.73 Å². The molecule has 4 fully saturated rings. The molecule has 5 nitrogen and oxygen atoms in total. The summed E-state index contributed by atoms with van der Waals surface area (Å²) in [5, 5.41) is 0. The Hall–Kier alpha value is -0.810. The van der Waals surface area contributed by atoms with Gasteiger partial charge in [-0.3, -0.25) is 0 Å². The van der Waals surface area contributed by atoms with Gasteiger partial charge in [0.1, 0.15) is 0 Å². The summed E-state index contributed by atoms with van der Waals surface area (Å²) in [5.41, 5.74) is 6.62. The second-order valence-electron chi connectivity index (χ2n) is 6.89. The van der Waals surface area contributed by atoms with Crippen molar-refractivity contribution in [1.82, 2.24) is 4.90 Å². The molecule has 4 aliphatic rings. The zero-order valence-corrected chi connectivity index (χ0v) is 12.3. The van der Waals surface area contributed by atoms with Crippen molar-refractivity contribution in [3.63, 3.8) is 0 Å². The predicted octanol–water partition coefficient (Wildman–Crippen LogP) is 0.979. The lowest BCUT2D eigenvalue weighted by atomic mass is 9.46. The molecule has 0 bridgehead atoms. The van der Waals surface area contributed by atoms with Gasteiger partial charge in [0.2, 0.25) is 0 Å². The molecular formula is C15H25N3O2. The Morgan fingerprint density at radius 2 is 2.15 bits per heavy atom. The zero-order chi connectivity index (χ0) is 13.7. The van der Waals surface area contributed by atoms with Crippen molar-refractivity contribution < 1.29 is 9.47 Å². The standard InChI is InChI=1S/C15H25N3O2/c1-10-9-18(6-8-19-10)14(16)17-12-11-3-7-20-13(11)15(12)4-2-5-15/h10-13H,2-9H2,1H3,(H2,16,17). The van der Waals surface area contributed by atoms with Gasteiger partial charge in [0.05, 0.1) is 24.9 Å². The Bertz CT molecular complexity index is 421. The summed E-state index contributed by atoms with van der Waals surface area (Å²) in [6, 6.07) is 0.405. The molecule has 2 saturated heterocycles. The number of aliphatic imine (C=N–C) groups is 1. The maximum atomic E-state index is 6.28. The molecule has 0 amide bonds. The van der Waals surface area contributed by atoms with E-state index < -0.39 is 0 Å². The van der Waals surface area contributed by atoms with Crippen molar-refractivity contribution in [2.75, 3.05) is 26.3 Å². The number of hydrogen-bond donors (Lipinski definition) is 1. The van der Waals surface area contributed by atoms with E-state index in [-0.39, 0.29) is 6.10 Å². The zero-order valence-electron chi connectivity index (χ0n) is 12.3. The van der Waals surface area contributed by atoms with E-state index in [4.69, 9.17) is 20.2 Å². The average molecular weight is 279 g/mol. The Kier molecular flexibility index (Phi) is 2.96. The third-order valence-electron chi connectivity index (χ3n) is 5.82. The first-order valence-corrected chi connectivity index (χ1v) is 8.02. The maximum Gasteiger partial charge on any atom is 0.191 e. The molecule has 2 aliphatic heterocycles. The molecule has 0 aromatic carbocycles. The molecule has 2 N–H and O–H groups in total. The second-order valence-corrected chi connectivity index (χ2v) is 6.89. The first kappa shape index (κ1) is 12.9. The topological polar surface area (TPSA) is 60.1 Å². The number of morpholine rings is 1. The molecule has 0 aromatic rings. The number of nitrogens with two attached hydrogens (primary N) is 1. The fourth-order valence-corrected chi connectivity index (χ4v) is 4.64. The molecule has 4 unspecified atom stereocenters. The van der Waals surface area contributed by atoms with Gasteiger partial charge in [0.15, 0.2) is 5.96 Å². The quantitative estimate of drug-likeness (QED) is 0.574. The number of hydrogen-bond acceptors (Lipinski definition) is 3. The fraction of sp³-hybridized carbons (Fsp3) is 0.933. The van der Waals surface area contributed by atoms with Crippen molar-refractivity contribution in [2.45, 2.75) is 50.9 Å². The highest BCUT2D eigenvalue weighted by Gasteiger charge is 2.66. The highest BCUT2D eigenvalue weighted by atomic mass is 16.5. The first-order valence-electron chi connectivity index (χ1n) is 8.02. The summed E-state index contributed by atoms with van der Waals surface area (Å²) in [5.74, 6) is 1.34. The number of rotatable bonds is 1. The maximum absolute atomic E-state index is 6.28. The van der Waals surface area contributed by atoms with Crippen molar-refractivity contribution in [3.8, 4) is 0 Å². The monoisotopic (exact) mass is 279 g/mol. The Morgan fingerprint density at radius 1 is 1.30 bits per heavy atom. The summed E-state index contributed by atoms with van der Waals surface area (Å²) < 4.78 is 11.5. The lowest BCUT2D eigenvalue weighted by molar-refractivity contribution is -0.164. The van der Waals surface area contributed by atoms with E-state index >= 15 is 0 Å². The van der Waals surface area contributed by atoms with E-state index in [1.54, 1.807) is 0 Å². The lowest BCUT2D eigenvalue weighted by Gasteiger charge is -2.61. The van der Waals surface area contributed by atoms with Gasteiger partial charge in [0.25, 0.3) is 0 Å². The Morgan fingerprint density at radius 3 is 2.85 bits per heavy atom. The Balaban J connectivity index is 1.50. The summed E-state index contributed by atoms with van der Waals surface area (Å²) in [4.78, 5) is 7.13. The minimum Gasteiger partial charge on any atom is -0.377 e. The van der Waals surface area contributed by atoms with Gasteiger partial charge in [-0.1, -0.05) is 6.42 Å². The molecule has 1 spiro atoms. The normalized spacial score (nSPS) is 43.0. The van der Waals surface area contributed by atoms with Crippen LogP contribution in [0.2, 0.25) is 0 Å². The molecule has 2 saturated carbocycles. The van der Waals surface area contributed by atoms with Gasteiger partial charge in [-0.25, -0.2) is 4.99 Å². The van der Waals surface area contributed by atoms with Crippen LogP contribution in [0.25, 0.3) is 0 Å². The highest BCUT2D eigenvalue weighted by Crippen LogP contribution is 2.64. The van der Waals surface area contributed by atoms with Crippen molar-refractivity contribution in [3.05, 3.63) is 0 Å². The van der Waals surface area contributed by atoms with Crippen LogP contribution in [0.4, 0.5) is 0 Å². The average Bonchev–Trinajstić information content (AvgIpc) is 2.79. The van der Waals surface area contributed by atoms with Crippen LogP contribution in [0, 0.1) is 11.3 Å². The summed E-state index contributed by atoms with van der Waals surface area (Å²) in [6.07, 6.45) is 5.76. The highest BCUT2D eigenvalue weighted by molar-refractivity contribution is 5.78. The molecule has 4 rings (SSSR count). The largest absolute Gasteiger partial charge is 0.377 e. The van der Waals surface area contributed by atoms with Crippen LogP contribution in [0.5, 0.6) is 0 Å². The van der Waals surface area contributed by atoms with Gasteiger partial charge >= 0.3 is 0 Å². The molecule has 20 heavy (non-hydrogen) atoms. The molecule has 0 radical (unpaired) electrons. The van der Waals surface area contributed by atoms with Crippen LogP contribution in [0.15, 0.2) is 4.99 Å². The summed E-state index contributed by atoms with van der Waals surface area (Å²) in [7, 11) is 0. The Labute approximate surface area is 120 Å². The van der Waals surface area contributed by atoms with Crippen LogP contribution in [0.3, 0.4) is 0 Å². The van der Waals surface area contributed by atoms with Crippen LogP contribution in [-0.2, 0) is 9.47 Å². The van der Waals surface area contributed by atoms with Gasteiger partial charge < -0.3 is 20.1 Å². The molecule has 0 aromatic heterocycles. The smallest absolute Gasteiger partial charge is 0.191 e. The summed E-state index contributed by atoms with van der Waals surface area (Å²) in [6.45, 7) is 5.49. The minimum atomic E-state index is 0.249. The molecule has 112 valence electrons. The minimum absolute atomic E-state index is 0.249. The van der Waals surface area contributed by atoms with Crippen molar-refractivity contribution in [1.29, 1.82) is 0 Å². The third kappa shape index (κ3) is 1.72. The predicted molar refractivity (Wildman–Crippen MR) is 76.5 cm³/mol. The number of nitrogens with zero attached hydrogens (tertiary/aromatic N) is 2. The molecule has 5 heteroatoms. The molecular weight excluding hydrogens is 254 g/mol. The van der Waals surface area contributed by atoms with E-state index in [2.05, 4.69) is 11.8 Å².